The number of hydrogen-bond donors (Lipinski definition) is 0. The molecule has 1 heterocycles. The van der Waals surface area contributed by atoms with Gasteiger partial charge in [0.2, 0.25) is 0 Å². The maximum atomic E-state index is 9.53. The van der Waals surface area contributed by atoms with Crippen LogP contribution in [0.25, 0.3) is 109 Å². The van der Waals surface area contributed by atoms with Gasteiger partial charge in [0.05, 0.1) is 11.0 Å². The Balaban J connectivity index is 1.30. The SMILES string of the molecule is [2H]c1c([2H])c([2H])c2c(-c3ccc(-c4ccc5ccccc5c4)c4ccccc34)c3c([2H])c([2H])c([2H])c([2H])c3c(-c3ccc4oc5cc6ccccc6cc5c4c3)c2c1[2H]. The lowest BCUT2D eigenvalue weighted by molar-refractivity contribution is 0.669. The lowest BCUT2D eigenvalue weighted by Gasteiger charge is -2.20. The standard InChI is InChI=1S/C50H30O/c1-2-12-32-27-35(22-21-31(32)11-1)37-24-25-44(39-16-6-5-15-38(37)39)50-42-19-9-7-17-40(42)49(41-18-8-10-20-43(41)50)36-23-26-47-45(29-36)46-28-33-13-3-4-14-34(33)30-48(46)51-47/h1-30H/i7D,8D,9D,10D,17D,18D,19D,20D. The van der Waals surface area contributed by atoms with E-state index in [1.54, 1.807) is 6.07 Å². The van der Waals surface area contributed by atoms with E-state index in [0.717, 1.165) is 54.2 Å². The number of rotatable bonds is 3. The number of furan rings is 1. The molecule has 51 heavy (non-hydrogen) atoms. The Labute approximate surface area is 305 Å². The zero-order valence-corrected chi connectivity index (χ0v) is 27.1. The van der Waals surface area contributed by atoms with Crippen LogP contribution in [0.5, 0.6) is 0 Å². The second-order valence-electron chi connectivity index (χ2n) is 13.0. The quantitative estimate of drug-likeness (QED) is 0.173. The van der Waals surface area contributed by atoms with E-state index < -0.39 is 24.2 Å². The van der Waals surface area contributed by atoms with E-state index in [0.29, 0.717) is 33.4 Å². The maximum Gasteiger partial charge on any atom is 0.136 e. The molecule has 0 aliphatic rings. The van der Waals surface area contributed by atoms with Gasteiger partial charge in [0.25, 0.3) is 0 Å². The van der Waals surface area contributed by atoms with Gasteiger partial charge >= 0.3 is 0 Å². The summed E-state index contributed by atoms with van der Waals surface area (Å²) < 4.78 is 80.1. The largest absolute Gasteiger partial charge is 0.456 e. The fourth-order valence-corrected chi connectivity index (χ4v) is 7.93. The van der Waals surface area contributed by atoms with E-state index in [1.165, 1.54) is 0 Å². The molecule has 0 aliphatic heterocycles. The summed E-state index contributed by atoms with van der Waals surface area (Å²) >= 11 is 0. The second-order valence-corrected chi connectivity index (χ2v) is 13.0. The average Bonchev–Trinajstić information content (AvgIpc) is 3.62. The first-order valence-corrected chi connectivity index (χ1v) is 16.9. The van der Waals surface area contributed by atoms with Gasteiger partial charge in [-0.05, 0) is 118 Å². The Morgan fingerprint density at radius 1 is 0.333 bits per heavy atom. The summed E-state index contributed by atoms with van der Waals surface area (Å²) in [5, 5.41) is 8.23. The van der Waals surface area contributed by atoms with Gasteiger partial charge in [0.1, 0.15) is 11.2 Å². The molecule has 0 spiro atoms. The van der Waals surface area contributed by atoms with Crippen LogP contribution in [0, 0.1) is 0 Å². The Morgan fingerprint density at radius 2 is 0.863 bits per heavy atom. The van der Waals surface area contributed by atoms with Crippen molar-refractivity contribution in [3.8, 4) is 33.4 Å². The molecule has 0 aliphatic carbocycles. The van der Waals surface area contributed by atoms with E-state index >= 15 is 0 Å². The van der Waals surface area contributed by atoms with Crippen molar-refractivity contribution in [2.45, 2.75) is 0 Å². The van der Waals surface area contributed by atoms with Crippen molar-refractivity contribution in [1.82, 2.24) is 0 Å². The van der Waals surface area contributed by atoms with Crippen LogP contribution >= 0.6 is 0 Å². The zero-order valence-electron chi connectivity index (χ0n) is 35.1. The lowest BCUT2D eigenvalue weighted by atomic mass is 9.83. The molecule has 0 amide bonds. The molecule has 0 N–H and O–H groups in total. The van der Waals surface area contributed by atoms with Crippen LogP contribution in [0.15, 0.2) is 186 Å². The van der Waals surface area contributed by atoms with Gasteiger partial charge in [0, 0.05) is 10.8 Å². The fraction of sp³-hybridized carbons (Fsp3) is 0. The fourth-order valence-electron chi connectivity index (χ4n) is 7.93. The second kappa shape index (κ2) is 10.9. The molecule has 1 nitrogen and oxygen atoms in total. The van der Waals surface area contributed by atoms with Crippen LogP contribution in [-0.2, 0) is 0 Å². The first-order valence-electron chi connectivity index (χ1n) is 20.9. The molecular weight excluding hydrogens is 617 g/mol. The smallest absolute Gasteiger partial charge is 0.136 e. The number of hydrogen-bond acceptors (Lipinski definition) is 1. The minimum Gasteiger partial charge on any atom is -0.456 e. The zero-order chi connectivity index (χ0) is 40.4. The minimum absolute atomic E-state index is 0.170. The van der Waals surface area contributed by atoms with Crippen LogP contribution < -0.4 is 0 Å². The Hall–Kier alpha value is -6.70. The molecule has 0 bridgehead atoms. The molecule has 11 aromatic rings. The van der Waals surface area contributed by atoms with Crippen molar-refractivity contribution in [2.75, 3.05) is 0 Å². The maximum absolute atomic E-state index is 9.53. The molecule has 10 aromatic carbocycles. The first kappa shape index (κ1) is 21.4. The van der Waals surface area contributed by atoms with E-state index in [4.69, 9.17) is 9.90 Å². The predicted octanol–water partition coefficient (Wildman–Crippen LogP) is 14.4. The highest BCUT2D eigenvalue weighted by atomic mass is 16.3. The van der Waals surface area contributed by atoms with Gasteiger partial charge in [-0.2, -0.15) is 0 Å². The Morgan fingerprint density at radius 3 is 1.57 bits per heavy atom. The van der Waals surface area contributed by atoms with Crippen LogP contribution in [0.4, 0.5) is 0 Å². The third-order valence-electron chi connectivity index (χ3n) is 10.3. The minimum atomic E-state index is -0.437. The molecule has 0 radical (unpaired) electrons. The summed E-state index contributed by atoms with van der Waals surface area (Å²) in [6.07, 6.45) is 0. The highest BCUT2D eigenvalue weighted by Crippen LogP contribution is 2.47. The van der Waals surface area contributed by atoms with Gasteiger partial charge in [-0.25, -0.2) is 0 Å². The first-order chi connectivity index (χ1) is 28.6. The van der Waals surface area contributed by atoms with Gasteiger partial charge in [-0.3, -0.25) is 0 Å². The van der Waals surface area contributed by atoms with Crippen molar-refractivity contribution in [3.63, 3.8) is 0 Å². The van der Waals surface area contributed by atoms with Crippen LogP contribution in [0.2, 0.25) is 0 Å². The molecule has 1 heteroatoms. The van der Waals surface area contributed by atoms with Crippen molar-refractivity contribution >= 4 is 75.8 Å². The molecule has 0 saturated carbocycles. The normalized spacial score (nSPS) is 14.1. The van der Waals surface area contributed by atoms with Crippen molar-refractivity contribution < 1.29 is 15.4 Å². The highest BCUT2D eigenvalue weighted by Gasteiger charge is 2.20. The summed E-state index contributed by atoms with van der Waals surface area (Å²) in [5.41, 5.74) is 4.99. The van der Waals surface area contributed by atoms with Crippen molar-refractivity contribution in [1.29, 1.82) is 0 Å². The van der Waals surface area contributed by atoms with Crippen LogP contribution in [-0.4, -0.2) is 0 Å². The molecule has 0 atom stereocenters. The Bertz CT molecular complexity index is 3580. The third kappa shape index (κ3) is 4.28. The van der Waals surface area contributed by atoms with E-state index in [2.05, 4.69) is 36.4 Å². The Kier molecular flexibility index (Phi) is 4.57. The van der Waals surface area contributed by atoms with Gasteiger partial charge < -0.3 is 4.42 Å². The summed E-state index contributed by atoms with van der Waals surface area (Å²) in [6, 6.07) is 40.9. The van der Waals surface area contributed by atoms with E-state index in [9.17, 15) is 5.48 Å². The molecule has 11 rings (SSSR count). The topological polar surface area (TPSA) is 13.1 Å². The highest BCUT2D eigenvalue weighted by molar-refractivity contribution is 6.25. The molecule has 0 unspecified atom stereocenters. The van der Waals surface area contributed by atoms with Crippen molar-refractivity contribution in [3.05, 3.63) is 182 Å². The summed E-state index contributed by atoms with van der Waals surface area (Å²) in [6.45, 7) is 0. The predicted molar refractivity (Wildman–Crippen MR) is 218 cm³/mol. The monoisotopic (exact) mass is 654 g/mol. The number of fused-ring (bicyclic) bond motifs is 8. The van der Waals surface area contributed by atoms with Gasteiger partial charge in [-0.1, -0.05) is 151 Å². The molecule has 236 valence electrons. The molecule has 0 saturated heterocycles. The molecule has 1 aromatic heterocycles. The van der Waals surface area contributed by atoms with E-state index in [1.807, 2.05) is 91.0 Å². The lowest BCUT2D eigenvalue weighted by Crippen LogP contribution is -1.92. The summed E-state index contributed by atoms with van der Waals surface area (Å²) in [7, 11) is 0. The van der Waals surface area contributed by atoms with E-state index in [-0.39, 0.29) is 45.7 Å². The third-order valence-corrected chi connectivity index (χ3v) is 10.3. The summed E-state index contributed by atoms with van der Waals surface area (Å²) in [4.78, 5) is 0. The molecular formula is C50H30O. The average molecular weight is 655 g/mol. The van der Waals surface area contributed by atoms with Gasteiger partial charge in [-0.15, -0.1) is 0 Å². The van der Waals surface area contributed by atoms with Crippen molar-refractivity contribution in [2.24, 2.45) is 0 Å². The summed E-state index contributed by atoms with van der Waals surface area (Å²) in [5.74, 6) is 0. The number of benzene rings is 10. The van der Waals surface area contributed by atoms with Crippen LogP contribution in [0.1, 0.15) is 11.0 Å². The van der Waals surface area contributed by atoms with Crippen LogP contribution in [0.3, 0.4) is 0 Å². The van der Waals surface area contributed by atoms with Gasteiger partial charge in [0.15, 0.2) is 0 Å². The molecule has 0 fully saturated rings.